The van der Waals surface area contributed by atoms with Gasteiger partial charge in [-0.3, -0.25) is 4.84 Å². The third kappa shape index (κ3) is 4.49. The van der Waals surface area contributed by atoms with Gasteiger partial charge in [-0.1, -0.05) is 30.7 Å². The van der Waals surface area contributed by atoms with Crippen LogP contribution in [0.4, 0.5) is 0 Å². The van der Waals surface area contributed by atoms with Gasteiger partial charge in [-0.15, -0.1) is 0 Å². The maximum Gasteiger partial charge on any atom is 0.0916 e. The molecule has 4 heteroatoms. The molecule has 0 saturated carbocycles. The molecule has 0 radical (unpaired) electrons. The Kier molecular flexibility index (Phi) is 6.42. The van der Waals surface area contributed by atoms with E-state index in [1.165, 1.54) is 0 Å². The number of benzene rings is 1. The van der Waals surface area contributed by atoms with Crippen LogP contribution in [-0.2, 0) is 9.57 Å². The summed E-state index contributed by atoms with van der Waals surface area (Å²) in [7, 11) is 1.65. The molecule has 0 heterocycles. The van der Waals surface area contributed by atoms with Crippen LogP contribution in [0.2, 0.25) is 5.02 Å². The van der Waals surface area contributed by atoms with E-state index < -0.39 is 0 Å². The second-order valence-electron chi connectivity index (χ2n) is 3.47. The molecule has 1 aromatic carbocycles. The normalized spacial score (nSPS) is 12.7. The third-order valence-corrected chi connectivity index (χ3v) is 2.51. The second kappa shape index (κ2) is 7.63. The van der Waals surface area contributed by atoms with E-state index in [0.29, 0.717) is 13.2 Å². The molecule has 16 heavy (non-hydrogen) atoms. The summed E-state index contributed by atoms with van der Waals surface area (Å²) in [6, 6.07) is 7.95. The van der Waals surface area contributed by atoms with Gasteiger partial charge in [-0.05, 0) is 24.1 Å². The molecule has 3 nitrogen and oxygen atoms in total. The van der Waals surface area contributed by atoms with Crippen LogP contribution >= 0.6 is 11.6 Å². The summed E-state index contributed by atoms with van der Waals surface area (Å²) >= 11 is 5.94. The standard InChI is InChI=1S/C12H18ClNO2/c1-3-12(14-16-8-7-15-2)10-5-4-6-11(13)9-10/h4-6,9,12,14H,3,7-8H2,1-2H3. The molecule has 0 aromatic heterocycles. The molecule has 1 aromatic rings. The number of nitrogens with one attached hydrogen (secondary N) is 1. The Morgan fingerprint density at radius 3 is 2.81 bits per heavy atom. The van der Waals surface area contributed by atoms with Crippen molar-refractivity contribution in [3.63, 3.8) is 0 Å². The summed E-state index contributed by atoms with van der Waals surface area (Å²) in [4.78, 5) is 5.30. The Hall–Kier alpha value is -0.610. The van der Waals surface area contributed by atoms with Crippen LogP contribution in [0.1, 0.15) is 24.9 Å². The third-order valence-electron chi connectivity index (χ3n) is 2.27. The molecule has 0 spiro atoms. The van der Waals surface area contributed by atoms with Crippen LogP contribution in [0, 0.1) is 0 Å². The van der Waals surface area contributed by atoms with Crippen LogP contribution in [0.25, 0.3) is 0 Å². The maximum absolute atomic E-state index is 5.94. The molecule has 90 valence electrons. The summed E-state index contributed by atoms with van der Waals surface area (Å²) in [5.41, 5.74) is 4.14. The lowest BCUT2D eigenvalue weighted by molar-refractivity contribution is -0.0131. The van der Waals surface area contributed by atoms with E-state index in [-0.39, 0.29) is 6.04 Å². The highest BCUT2D eigenvalue weighted by Crippen LogP contribution is 2.20. The van der Waals surface area contributed by atoms with Crippen LogP contribution in [0.5, 0.6) is 0 Å². The predicted molar refractivity (Wildman–Crippen MR) is 65.4 cm³/mol. The smallest absolute Gasteiger partial charge is 0.0916 e. The van der Waals surface area contributed by atoms with Crippen molar-refractivity contribution in [3.8, 4) is 0 Å². The lowest BCUT2D eigenvalue weighted by atomic mass is 10.1. The zero-order chi connectivity index (χ0) is 11.8. The van der Waals surface area contributed by atoms with Gasteiger partial charge in [-0.2, -0.15) is 5.48 Å². The average molecular weight is 244 g/mol. The van der Waals surface area contributed by atoms with Crippen LogP contribution in [-0.4, -0.2) is 20.3 Å². The summed E-state index contributed by atoms with van der Waals surface area (Å²) in [5, 5.41) is 0.745. The molecule has 0 aliphatic rings. The van der Waals surface area contributed by atoms with E-state index in [1.807, 2.05) is 24.3 Å². The molecule has 0 saturated heterocycles. The first-order chi connectivity index (χ1) is 7.77. The van der Waals surface area contributed by atoms with Gasteiger partial charge in [0.15, 0.2) is 0 Å². The molecular weight excluding hydrogens is 226 g/mol. The van der Waals surface area contributed by atoms with Gasteiger partial charge in [0, 0.05) is 12.1 Å². The van der Waals surface area contributed by atoms with Crippen molar-refractivity contribution in [1.29, 1.82) is 0 Å². The van der Waals surface area contributed by atoms with Gasteiger partial charge in [-0.25, -0.2) is 0 Å². The zero-order valence-corrected chi connectivity index (χ0v) is 10.5. The summed E-state index contributed by atoms with van der Waals surface area (Å²) < 4.78 is 4.90. The fourth-order valence-electron chi connectivity index (χ4n) is 1.39. The fraction of sp³-hybridized carbons (Fsp3) is 0.500. The predicted octanol–water partition coefficient (Wildman–Crippen LogP) is 2.96. The Labute approximate surface area is 102 Å². The van der Waals surface area contributed by atoms with Gasteiger partial charge in [0.25, 0.3) is 0 Å². The van der Waals surface area contributed by atoms with Crippen molar-refractivity contribution < 1.29 is 9.57 Å². The number of halogens is 1. The van der Waals surface area contributed by atoms with E-state index in [1.54, 1.807) is 7.11 Å². The van der Waals surface area contributed by atoms with Gasteiger partial charge in [0.2, 0.25) is 0 Å². The van der Waals surface area contributed by atoms with Crippen LogP contribution in [0.15, 0.2) is 24.3 Å². The monoisotopic (exact) mass is 243 g/mol. The quantitative estimate of drug-likeness (QED) is 0.590. The highest BCUT2D eigenvalue weighted by molar-refractivity contribution is 6.30. The van der Waals surface area contributed by atoms with Gasteiger partial charge < -0.3 is 4.74 Å². The minimum atomic E-state index is 0.163. The Morgan fingerprint density at radius 1 is 1.38 bits per heavy atom. The number of ether oxygens (including phenoxy) is 1. The first-order valence-electron chi connectivity index (χ1n) is 5.39. The number of hydrogen-bond donors (Lipinski definition) is 1. The van der Waals surface area contributed by atoms with E-state index in [2.05, 4.69) is 12.4 Å². The van der Waals surface area contributed by atoms with Crippen molar-refractivity contribution in [3.05, 3.63) is 34.9 Å². The van der Waals surface area contributed by atoms with Crippen molar-refractivity contribution in [2.75, 3.05) is 20.3 Å². The molecule has 1 N–H and O–H groups in total. The van der Waals surface area contributed by atoms with Crippen LogP contribution < -0.4 is 5.48 Å². The number of methoxy groups -OCH3 is 1. The molecule has 1 unspecified atom stereocenters. The highest BCUT2D eigenvalue weighted by atomic mass is 35.5. The van der Waals surface area contributed by atoms with Gasteiger partial charge in [0.1, 0.15) is 0 Å². The average Bonchev–Trinajstić information content (AvgIpc) is 2.29. The number of hydroxylamine groups is 1. The Morgan fingerprint density at radius 2 is 2.19 bits per heavy atom. The maximum atomic E-state index is 5.94. The minimum absolute atomic E-state index is 0.163. The van der Waals surface area contributed by atoms with Gasteiger partial charge in [0.05, 0.1) is 19.3 Å². The molecule has 0 amide bonds. The minimum Gasteiger partial charge on any atom is -0.382 e. The number of hydrogen-bond acceptors (Lipinski definition) is 3. The Balaban J connectivity index is 2.47. The van der Waals surface area contributed by atoms with Gasteiger partial charge >= 0.3 is 0 Å². The lowest BCUT2D eigenvalue weighted by Crippen LogP contribution is -2.23. The first-order valence-corrected chi connectivity index (χ1v) is 5.77. The zero-order valence-electron chi connectivity index (χ0n) is 9.70. The summed E-state index contributed by atoms with van der Waals surface area (Å²) in [6.45, 7) is 3.21. The van der Waals surface area contributed by atoms with Crippen molar-refractivity contribution >= 4 is 11.6 Å². The Bertz CT molecular complexity index is 307. The molecule has 1 atom stereocenters. The van der Waals surface area contributed by atoms with E-state index in [9.17, 15) is 0 Å². The molecule has 0 fully saturated rings. The molecular formula is C12H18ClNO2. The van der Waals surface area contributed by atoms with Crippen molar-refractivity contribution in [2.24, 2.45) is 0 Å². The van der Waals surface area contributed by atoms with E-state index in [4.69, 9.17) is 21.2 Å². The highest BCUT2D eigenvalue weighted by Gasteiger charge is 2.08. The summed E-state index contributed by atoms with van der Waals surface area (Å²) in [5.74, 6) is 0. The topological polar surface area (TPSA) is 30.5 Å². The van der Waals surface area contributed by atoms with E-state index >= 15 is 0 Å². The largest absolute Gasteiger partial charge is 0.382 e. The molecule has 1 rings (SSSR count). The van der Waals surface area contributed by atoms with Crippen molar-refractivity contribution in [2.45, 2.75) is 19.4 Å². The first kappa shape index (κ1) is 13.5. The molecule has 0 aliphatic heterocycles. The second-order valence-corrected chi connectivity index (χ2v) is 3.91. The number of rotatable bonds is 7. The van der Waals surface area contributed by atoms with Crippen LogP contribution in [0.3, 0.4) is 0 Å². The molecule has 0 aliphatic carbocycles. The summed E-state index contributed by atoms with van der Waals surface area (Å²) in [6.07, 6.45) is 0.938. The fourth-order valence-corrected chi connectivity index (χ4v) is 1.59. The lowest BCUT2D eigenvalue weighted by Gasteiger charge is -2.17. The molecule has 0 bridgehead atoms. The van der Waals surface area contributed by atoms with Crippen molar-refractivity contribution in [1.82, 2.24) is 5.48 Å². The van der Waals surface area contributed by atoms with E-state index in [0.717, 1.165) is 17.0 Å². The SMILES string of the molecule is CCC(NOCCOC)c1cccc(Cl)c1.